The largest absolute Gasteiger partial charge is 0.487 e. The molecule has 20 heavy (non-hydrogen) atoms. The first-order valence-electron chi connectivity index (χ1n) is 6.00. The average Bonchev–Trinajstić information content (AvgIpc) is 2.80. The second-order valence-corrected chi connectivity index (χ2v) is 4.80. The van der Waals surface area contributed by atoms with Crippen molar-refractivity contribution in [2.75, 3.05) is 0 Å². The van der Waals surface area contributed by atoms with Gasteiger partial charge in [0.15, 0.2) is 5.76 Å². The van der Waals surface area contributed by atoms with Crippen LogP contribution in [0, 0.1) is 13.8 Å². The summed E-state index contributed by atoms with van der Waals surface area (Å²) in [4.78, 5) is 11.4. The molecule has 2 aromatic rings. The monoisotopic (exact) mass is 294 g/mol. The highest BCUT2D eigenvalue weighted by atomic mass is 35.5. The molecule has 0 fully saturated rings. The Hall–Kier alpha value is -1.98. The van der Waals surface area contributed by atoms with E-state index in [1.165, 1.54) is 0 Å². The van der Waals surface area contributed by atoms with Crippen LogP contribution < -0.4 is 16.0 Å². The third-order valence-electron chi connectivity index (χ3n) is 2.85. The van der Waals surface area contributed by atoms with Gasteiger partial charge in [-0.05, 0) is 37.6 Å². The number of hydrogen-bond acceptors (Lipinski definition) is 4. The molecule has 0 spiro atoms. The first-order valence-corrected chi connectivity index (χ1v) is 6.38. The van der Waals surface area contributed by atoms with E-state index < -0.39 is 5.91 Å². The average molecular weight is 295 g/mol. The molecule has 0 bridgehead atoms. The van der Waals surface area contributed by atoms with E-state index in [9.17, 15) is 4.79 Å². The minimum Gasteiger partial charge on any atom is -0.487 e. The quantitative estimate of drug-likeness (QED) is 0.516. The Bertz CT molecular complexity index is 637. The number of carbonyl (C=O) groups excluding carboxylic acids is 1. The molecule has 0 aliphatic rings. The maximum Gasteiger partial charge on any atom is 0.300 e. The Labute approximate surface area is 121 Å². The molecule has 0 aliphatic carbocycles. The molecule has 0 radical (unpaired) electrons. The van der Waals surface area contributed by atoms with E-state index in [2.05, 4.69) is 0 Å². The first-order chi connectivity index (χ1) is 9.51. The third-order valence-corrected chi connectivity index (χ3v) is 3.16. The van der Waals surface area contributed by atoms with Crippen LogP contribution in [0.25, 0.3) is 0 Å². The van der Waals surface area contributed by atoms with Gasteiger partial charge in [0.2, 0.25) is 0 Å². The highest BCUT2D eigenvalue weighted by Crippen LogP contribution is 2.27. The molecule has 1 amide bonds. The molecule has 0 saturated carbocycles. The van der Waals surface area contributed by atoms with Crippen LogP contribution in [-0.2, 0) is 6.61 Å². The van der Waals surface area contributed by atoms with Gasteiger partial charge in [0.1, 0.15) is 18.1 Å². The molecular formula is C14H15ClN2O3. The zero-order valence-corrected chi connectivity index (χ0v) is 12.0. The SMILES string of the molecule is Cc1ccc(Cl)c(OCc2cc(C(=O)NN)oc2C)c1. The number of nitrogens with two attached hydrogens (primary N) is 1. The summed E-state index contributed by atoms with van der Waals surface area (Å²) in [5, 5.41) is 0.539. The fraction of sp³-hybridized carbons (Fsp3) is 0.214. The molecule has 6 heteroatoms. The van der Waals surface area contributed by atoms with Crippen molar-refractivity contribution in [1.82, 2.24) is 5.43 Å². The van der Waals surface area contributed by atoms with Gasteiger partial charge in [-0.2, -0.15) is 0 Å². The number of aryl methyl sites for hydroxylation is 2. The number of benzene rings is 1. The lowest BCUT2D eigenvalue weighted by Gasteiger charge is -2.08. The standard InChI is InChI=1S/C14H15ClN2O3/c1-8-3-4-11(15)12(5-8)19-7-10-6-13(14(18)17-16)20-9(10)2/h3-6H,7,16H2,1-2H3,(H,17,18). The molecule has 0 saturated heterocycles. The topological polar surface area (TPSA) is 77.5 Å². The highest BCUT2D eigenvalue weighted by molar-refractivity contribution is 6.32. The van der Waals surface area contributed by atoms with Crippen LogP contribution in [0.3, 0.4) is 0 Å². The molecular weight excluding hydrogens is 280 g/mol. The van der Waals surface area contributed by atoms with Crippen LogP contribution in [-0.4, -0.2) is 5.91 Å². The maximum atomic E-state index is 11.4. The predicted octanol–water partition coefficient (Wildman–Crippen LogP) is 2.73. The Morgan fingerprint density at radius 1 is 1.40 bits per heavy atom. The van der Waals surface area contributed by atoms with Gasteiger partial charge < -0.3 is 9.15 Å². The summed E-state index contributed by atoms with van der Waals surface area (Å²) in [5.41, 5.74) is 3.83. The zero-order chi connectivity index (χ0) is 14.7. The third kappa shape index (κ3) is 3.12. The second-order valence-electron chi connectivity index (χ2n) is 4.39. The minimum atomic E-state index is -0.479. The Balaban J connectivity index is 2.13. The van der Waals surface area contributed by atoms with Gasteiger partial charge in [-0.3, -0.25) is 10.2 Å². The number of carbonyl (C=O) groups is 1. The van der Waals surface area contributed by atoms with Gasteiger partial charge in [0, 0.05) is 5.56 Å². The predicted molar refractivity (Wildman–Crippen MR) is 75.6 cm³/mol. The van der Waals surface area contributed by atoms with Crippen molar-refractivity contribution in [2.45, 2.75) is 20.5 Å². The maximum absolute atomic E-state index is 11.4. The number of ether oxygens (including phenoxy) is 1. The minimum absolute atomic E-state index is 0.152. The Morgan fingerprint density at radius 3 is 2.85 bits per heavy atom. The van der Waals surface area contributed by atoms with E-state index >= 15 is 0 Å². The fourth-order valence-corrected chi connectivity index (χ4v) is 1.89. The number of amides is 1. The van der Waals surface area contributed by atoms with Crippen molar-refractivity contribution in [1.29, 1.82) is 0 Å². The van der Waals surface area contributed by atoms with Crippen LogP contribution in [0.4, 0.5) is 0 Å². The van der Waals surface area contributed by atoms with Crippen molar-refractivity contribution < 1.29 is 13.9 Å². The Morgan fingerprint density at radius 2 is 2.15 bits per heavy atom. The van der Waals surface area contributed by atoms with Crippen molar-refractivity contribution >= 4 is 17.5 Å². The number of nitrogens with one attached hydrogen (secondary N) is 1. The molecule has 106 valence electrons. The number of hydrogen-bond donors (Lipinski definition) is 2. The number of halogens is 1. The number of hydrazine groups is 1. The van der Waals surface area contributed by atoms with Crippen molar-refractivity contribution in [2.24, 2.45) is 5.84 Å². The van der Waals surface area contributed by atoms with Crippen LogP contribution in [0.1, 0.15) is 27.4 Å². The van der Waals surface area contributed by atoms with Gasteiger partial charge in [0.05, 0.1) is 5.02 Å². The molecule has 0 unspecified atom stereocenters. The Kier molecular flexibility index (Phi) is 4.32. The normalized spacial score (nSPS) is 10.4. The summed E-state index contributed by atoms with van der Waals surface area (Å²) in [6.45, 7) is 3.97. The lowest BCUT2D eigenvalue weighted by atomic mass is 10.2. The highest BCUT2D eigenvalue weighted by Gasteiger charge is 2.14. The van der Waals surface area contributed by atoms with Crippen molar-refractivity contribution in [3.05, 3.63) is 51.9 Å². The smallest absolute Gasteiger partial charge is 0.300 e. The lowest BCUT2D eigenvalue weighted by Crippen LogP contribution is -2.29. The summed E-state index contributed by atoms with van der Waals surface area (Å²) in [5.74, 6) is 5.93. The van der Waals surface area contributed by atoms with Crippen molar-refractivity contribution in [3.63, 3.8) is 0 Å². The van der Waals surface area contributed by atoms with Crippen LogP contribution >= 0.6 is 11.6 Å². The van der Waals surface area contributed by atoms with Gasteiger partial charge in [-0.25, -0.2) is 5.84 Å². The molecule has 1 heterocycles. The van der Waals surface area contributed by atoms with E-state index in [0.717, 1.165) is 11.1 Å². The molecule has 0 aliphatic heterocycles. The fourth-order valence-electron chi connectivity index (χ4n) is 1.72. The van der Waals surface area contributed by atoms with Crippen LogP contribution in [0.15, 0.2) is 28.7 Å². The van der Waals surface area contributed by atoms with Crippen molar-refractivity contribution in [3.8, 4) is 5.75 Å². The molecule has 0 atom stereocenters. The summed E-state index contributed by atoms with van der Waals surface area (Å²) < 4.78 is 11.0. The van der Waals surface area contributed by atoms with E-state index in [-0.39, 0.29) is 12.4 Å². The summed E-state index contributed by atoms with van der Waals surface area (Å²) >= 11 is 6.05. The summed E-state index contributed by atoms with van der Waals surface area (Å²) in [7, 11) is 0. The van der Waals surface area contributed by atoms with Gasteiger partial charge >= 0.3 is 5.91 Å². The lowest BCUT2D eigenvalue weighted by molar-refractivity contribution is 0.0924. The first kappa shape index (κ1) is 14.4. The summed E-state index contributed by atoms with van der Waals surface area (Å²) in [6.07, 6.45) is 0. The summed E-state index contributed by atoms with van der Waals surface area (Å²) in [6, 6.07) is 7.14. The molecule has 3 N–H and O–H groups in total. The van der Waals surface area contributed by atoms with Crippen LogP contribution in [0.2, 0.25) is 5.02 Å². The molecule has 1 aromatic heterocycles. The van der Waals surface area contributed by atoms with Gasteiger partial charge in [0.25, 0.3) is 0 Å². The van der Waals surface area contributed by atoms with E-state index in [4.69, 9.17) is 26.6 Å². The van der Waals surface area contributed by atoms with E-state index in [0.29, 0.717) is 16.5 Å². The number of nitrogen functional groups attached to an aromatic ring is 1. The second kappa shape index (κ2) is 5.98. The molecule has 1 aromatic carbocycles. The molecule has 5 nitrogen and oxygen atoms in total. The van der Waals surface area contributed by atoms with Gasteiger partial charge in [-0.15, -0.1) is 0 Å². The number of furan rings is 1. The van der Waals surface area contributed by atoms with E-state index in [1.54, 1.807) is 19.1 Å². The number of rotatable bonds is 4. The van der Waals surface area contributed by atoms with Gasteiger partial charge in [-0.1, -0.05) is 17.7 Å². The van der Waals surface area contributed by atoms with E-state index in [1.807, 2.05) is 24.5 Å². The van der Waals surface area contributed by atoms with Crippen LogP contribution in [0.5, 0.6) is 5.75 Å². The molecule has 2 rings (SSSR count). The zero-order valence-electron chi connectivity index (χ0n) is 11.2.